The lowest BCUT2D eigenvalue weighted by molar-refractivity contribution is 0.0262. The molecule has 1 aromatic rings. The molecule has 0 aromatic heterocycles. The van der Waals surface area contributed by atoms with Crippen LogP contribution in [0, 0.1) is 0 Å². The summed E-state index contributed by atoms with van der Waals surface area (Å²) in [6.07, 6.45) is 3.61. The Bertz CT molecular complexity index is 453. The molecule has 1 fully saturated rings. The smallest absolute Gasteiger partial charge is 0.321 e. The zero-order valence-electron chi connectivity index (χ0n) is 12.1. The van der Waals surface area contributed by atoms with Crippen LogP contribution < -0.4 is 10.1 Å². The SMILES string of the molecule is COc1ccc(NC(=O)N(C)CC2(O)CCCC2)cc1. The molecule has 5 nitrogen and oxygen atoms in total. The zero-order chi connectivity index (χ0) is 14.6. The number of anilines is 1. The van der Waals surface area contributed by atoms with Gasteiger partial charge in [0, 0.05) is 12.7 Å². The number of rotatable bonds is 4. The van der Waals surface area contributed by atoms with Gasteiger partial charge in [-0.25, -0.2) is 4.79 Å². The van der Waals surface area contributed by atoms with E-state index in [-0.39, 0.29) is 6.03 Å². The number of hydrogen-bond donors (Lipinski definition) is 2. The maximum atomic E-state index is 12.1. The Morgan fingerprint density at radius 2 is 1.95 bits per heavy atom. The molecule has 0 spiro atoms. The number of hydrogen-bond acceptors (Lipinski definition) is 3. The molecular weight excluding hydrogens is 256 g/mol. The molecule has 0 atom stereocenters. The summed E-state index contributed by atoms with van der Waals surface area (Å²) in [4.78, 5) is 13.6. The maximum Gasteiger partial charge on any atom is 0.321 e. The van der Waals surface area contributed by atoms with Gasteiger partial charge in [-0.3, -0.25) is 0 Å². The van der Waals surface area contributed by atoms with Crippen molar-refractivity contribution in [2.24, 2.45) is 0 Å². The van der Waals surface area contributed by atoms with Crippen molar-refractivity contribution in [1.82, 2.24) is 4.90 Å². The lowest BCUT2D eigenvalue weighted by Gasteiger charge is -2.28. The molecule has 1 aliphatic carbocycles. The van der Waals surface area contributed by atoms with E-state index in [0.29, 0.717) is 12.2 Å². The van der Waals surface area contributed by atoms with Crippen molar-refractivity contribution in [3.8, 4) is 5.75 Å². The van der Waals surface area contributed by atoms with Crippen molar-refractivity contribution in [1.29, 1.82) is 0 Å². The summed E-state index contributed by atoms with van der Waals surface area (Å²) < 4.78 is 5.07. The normalized spacial score (nSPS) is 16.8. The van der Waals surface area contributed by atoms with Gasteiger partial charge in [0.15, 0.2) is 0 Å². The third-order valence-corrected chi connectivity index (χ3v) is 3.75. The van der Waals surface area contributed by atoms with Crippen LogP contribution in [0.15, 0.2) is 24.3 Å². The second kappa shape index (κ2) is 6.13. The van der Waals surface area contributed by atoms with E-state index >= 15 is 0 Å². The molecular formula is C15H22N2O3. The van der Waals surface area contributed by atoms with E-state index in [1.165, 1.54) is 4.90 Å². The minimum absolute atomic E-state index is 0.213. The molecule has 5 heteroatoms. The van der Waals surface area contributed by atoms with E-state index in [9.17, 15) is 9.90 Å². The van der Waals surface area contributed by atoms with Crippen molar-refractivity contribution >= 4 is 11.7 Å². The molecule has 0 saturated heterocycles. The molecule has 1 aromatic carbocycles. The molecule has 110 valence electrons. The lowest BCUT2D eigenvalue weighted by atomic mass is 10.0. The standard InChI is InChI=1S/C15H22N2O3/c1-17(11-15(19)9-3-4-10-15)14(18)16-12-5-7-13(20-2)8-6-12/h5-8,19H,3-4,9-11H2,1-2H3,(H,16,18). The zero-order valence-corrected chi connectivity index (χ0v) is 12.1. The average Bonchev–Trinajstić information content (AvgIpc) is 2.86. The fourth-order valence-electron chi connectivity index (χ4n) is 2.60. The molecule has 0 bridgehead atoms. The number of nitrogens with zero attached hydrogens (tertiary/aromatic N) is 1. The first kappa shape index (κ1) is 14.7. The average molecular weight is 278 g/mol. The van der Waals surface area contributed by atoms with Crippen molar-refractivity contribution in [3.05, 3.63) is 24.3 Å². The van der Waals surface area contributed by atoms with Crippen molar-refractivity contribution in [2.45, 2.75) is 31.3 Å². The van der Waals surface area contributed by atoms with Crippen molar-refractivity contribution in [3.63, 3.8) is 0 Å². The molecule has 0 heterocycles. The first-order valence-electron chi connectivity index (χ1n) is 6.91. The van der Waals surface area contributed by atoms with E-state index in [0.717, 1.165) is 31.4 Å². The van der Waals surface area contributed by atoms with Gasteiger partial charge in [0.25, 0.3) is 0 Å². The topological polar surface area (TPSA) is 61.8 Å². The molecule has 1 aliphatic rings. The van der Waals surface area contributed by atoms with Crippen LogP contribution in [-0.4, -0.2) is 42.3 Å². The molecule has 2 N–H and O–H groups in total. The van der Waals surface area contributed by atoms with E-state index in [4.69, 9.17) is 4.74 Å². The summed E-state index contributed by atoms with van der Waals surface area (Å²) in [5.74, 6) is 0.747. The van der Waals surface area contributed by atoms with Crippen LogP contribution in [0.5, 0.6) is 5.75 Å². The minimum Gasteiger partial charge on any atom is -0.497 e. The number of aliphatic hydroxyl groups is 1. The van der Waals surface area contributed by atoms with Crippen LogP contribution in [-0.2, 0) is 0 Å². The quantitative estimate of drug-likeness (QED) is 0.889. The highest BCUT2D eigenvalue weighted by molar-refractivity contribution is 5.89. The number of ether oxygens (including phenoxy) is 1. The molecule has 0 radical (unpaired) electrons. The number of carbonyl (C=O) groups excluding carboxylic acids is 1. The highest BCUT2D eigenvalue weighted by Crippen LogP contribution is 2.30. The number of amides is 2. The Balaban J connectivity index is 1.89. The second-order valence-corrected chi connectivity index (χ2v) is 5.45. The predicted octanol–water partition coefficient (Wildman–Crippen LogP) is 2.46. The summed E-state index contributed by atoms with van der Waals surface area (Å²) in [5, 5.41) is 13.1. The van der Waals surface area contributed by atoms with Gasteiger partial charge in [0.05, 0.1) is 19.3 Å². The summed E-state index contributed by atoms with van der Waals surface area (Å²) in [6.45, 7) is 0.370. The number of urea groups is 1. The third kappa shape index (κ3) is 3.63. The Hall–Kier alpha value is -1.75. The van der Waals surface area contributed by atoms with Gasteiger partial charge in [-0.1, -0.05) is 12.8 Å². The second-order valence-electron chi connectivity index (χ2n) is 5.45. The molecule has 0 aliphatic heterocycles. The van der Waals surface area contributed by atoms with Crippen LogP contribution >= 0.6 is 0 Å². The number of benzene rings is 1. The van der Waals surface area contributed by atoms with Crippen molar-refractivity contribution < 1.29 is 14.6 Å². The minimum atomic E-state index is -0.716. The lowest BCUT2D eigenvalue weighted by Crippen LogP contribution is -2.43. The van der Waals surface area contributed by atoms with Gasteiger partial charge < -0.3 is 20.1 Å². The number of carbonyl (C=O) groups is 1. The summed E-state index contributed by atoms with van der Waals surface area (Å²) in [5.41, 5.74) is -0.00696. The molecule has 2 amide bonds. The van der Waals surface area contributed by atoms with Gasteiger partial charge in [0.2, 0.25) is 0 Å². The summed E-state index contributed by atoms with van der Waals surface area (Å²) in [7, 11) is 3.30. The first-order chi connectivity index (χ1) is 9.52. The highest BCUT2D eigenvalue weighted by Gasteiger charge is 2.33. The number of methoxy groups -OCH3 is 1. The monoisotopic (exact) mass is 278 g/mol. The van der Waals surface area contributed by atoms with Gasteiger partial charge in [-0.15, -0.1) is 0 Å². The Labute approximate surface area is 119 Å². The molecule has 20 heavy (non-hydrogen) atoms. The third-order valence-electron chi connectivity index (χ3n) is 3.75. The van der Waals surface area contributed by atoms with Gasteiger partial charge in [-0.2, -0.15) is 0 Å². The largest absolute Gasteiger partial charge is 0.497 e. The van der Waals surface area contributed by atoms with Crippen LogP contribution in [0.4, 0.5) is 10.5 Å². The Kier molecular flexibility index (Phi) is 4.49. The van der Waals surface area contributed by atoms with Gasteiger partial charge in [0.1, 0.15) is 5.75 Å². The van der Waals surface area contributed by atoms with Crippen molar-refractivity contribution in [2.75, 3.05) is 26.0 Å². The molecule has 1 saturated carbocycles. The fourth-order valence-corrected chi connectivity index (χ4v) is 2.60. The Morgan fingerprint density at radius 3 is 2.50 bits per heavy atom. The van der Waals surface area contributed by atoms with E-state index in [1.54, 1.807) is 38.4 Å². The number of nitrogens with one attached hydrogen (secondary N) is 1. The van der Waals surface area contributed by atoms with Crippen LogP contribution in [0.25, 0.3) is 0 Å². The first-order valence-corrected chi connectivity index (χ1v) is 6.91. The maximum absolute atomic E-state index is 12.1. The summed E-state index contributed by atoms with van der Waals surface area (Å²) in [6, 6.07) is 6.94. The van der Waals surface area contributed by atoms with E-state index in [2.05, 4.69) is 5.32 Å². The number of likely N-dealkylation sites (N-methyl/N-ethyl adjacent to an activating group) is 1. The molecule has 2 rings (SSSR count). The van der Waals surface area contributed by atoms with Gasteiger partial charge >= 0.3 is 6.03 Å². The Morgan fingerprint density at radius 1 is 1.35 bits per heavy atom. The summed E-state index contributed by atoms with van der Waals surface area (Å²) >= 11 is 0. The molecule has 0 unspecified atom stereocenters. The van der Waals surface area contributed by atoms with E-state index in [1.807, 2.05) is 0 Å². The van der Waals surface area contributed by atoms with E-state index < -0.39 is 5.60 Å². The van der Waals surface area contributed by atoms with Crippen LogP contribution in [0.1, 0.15) is 25.7 Å². The van der Waals surface area contributed by atoms with Gasteiger partial charge in [-0.05, 0) is 37.1 Å². The van der Waals surface area contributed by atoms with Crippen LogP contribution in [0.3, 0.4) is 0 Å². The highest BCUT2D eigenvalue weighted by atomic mass is 16.5. The predicted molar refractivity (Wildman–Crippen MR) is 78.1 cm³/mol. The van der Waals surface area contributed by atoms with Crippen LogP contribution in [0.2, 0.25) is 0 Å². The fraction of sp³-hybridized carbons (Fsp3) is 0.533.